The van der Waals surface area contributed by atoms with Gasteiger partial charge >= 0.3 is 0 Å². The number of aryl methyl sites for hydroxylation is 2. The summed E-state index contributed by atoms with van der Waals surface area (Å²) in [5, 5.41) is 0. The Morgan fingerprint density at radius 1 is 1.05 bits per heavy atom. The lowest BCUT2D eigenvalue weighted by atomic mass is 9.99. The van der Waals surface area contributed by atoms with Crippen LogP contribution in [0.2, 0.25) is 0 Å². The number of allylic oxidation sites excluding steroid dienone is 1. The highest BCUT2D eigenvalue weighted by Crippen LogP contribution is 2.31. The number of nitrogens with zero attached hydrogens (tertiary/aromatic N) is 1. The van der Waals surface area contributed by atoms with E-state index in [1.807, 2.05) is 0 Å². The highest BCUT2D eigenvalue weighted by atomic mass is 15.0. The van der Waals surface area contributed by atoms with Crippen molar-refractivity contribution in [1.82, 2.24) is 0 Å². The number of hydrogen-bond donors (Lipinski definition) is 0. The molecule has 0 bridgehead atoms. The first-order valence-electron chi connectivity index (χ1n) is 7.07. The van der Waals surface area contributed by atoms with E-state index in [1.54, 1.807) is 0 Å². The second-order valence-electron chi connectivity index (χ2n) is 5.74. The molecule has 1 heteroatoms. The summed E-state index contributed by atoms with van der Waals surface area (Å²) < 4.78 is 2.52. The Kier molecular flexibility index (Phi) is 2.20. The third kappa shape index (κ3) is 1.51. The Hall–Kier alpha value is -1.89. The number of pyridine rings is 1. The predicted molar refractivity (Wildman–Crippen MR) is 78.0 cm³/mol. The molecule has 0 amide bonds. The molecule has 94 valence electrons. The molecule has 0 unspecified atom stereocenters. The van der Waals surface area contributed by atoms with Crippen LogP contribution in [0.5, 0.6) is 0 Å². The summed E-state index contributed by atoms with van der Waals surface area (Å²) in [7, 11) is 0. The van der Waals surface area contributed by atoms with E-state index in [-0.39, 0.29) is 0 Å². The number of benzene rings is 1. The molecule has 0 saturated heterocycles. The molecule has 1 aliphatic carbocycles. The van der Waals surface area contributed by atoms with Crippen molar-refractivity contribution in [2.75, 3.05) is 0 Å². The zero-order valence-electron chi connectivity index (χ0n) is 11.5. The van der Waals surface area contributed by atoms with Crippen LogP contribution in [-0.4, -0.2) is 0 Å². The molecule has 0 saturated carbocycles. The van der Waals surface area contributed by atoms with Crippen molar-refractivity contribution in [3.8, 4) is 11.3 Å². The van der Waals surface area contributed by atoms with Crippen LogP contribution in [0.3, 0.4) is 0 Å². The van der Waals surface area contributed by atoms with E-state index in [2.05, 4.69) is 54.8 Å². The zero-order valence-corrected chi connectivity index (χ0v) is 11.5. The molecule has 1 aromatic carbocycles. The molecule has 0 atom stereocenters. The van der Waals surface area contributed by atoms with Gasteiger partial charge in [0.15, 0.2) is 12.2 Å². The minimum absolute atomic E-state index is 1.04. The van der Waals surface area contributed by atoms with Gasteiger partial charge in [-0.3, -0.25) is 0 Å². The molecule has 2 heterocycles. The smallest absolute Gasteiger partial charge is 0.191 e. The quantitative estimate of drug-likeness (QED) is 0.535. The monoisotopic (exact) mass is 248 g/mol. The summed E-state index contributed by atoms with van der Waals surface area (Å²) >= 11 is 0. The minimum Gasteiger partial charge on any atom is -0.191 e. The number of aromatic nitrogens is 1. The molecular formula is C18H18N+. The fourth-order valence-corrected chi connectivity index (χ4v) is 3.35. The second-order valence-corrected chi connectivity index (χ2v) is 5.74. The Balaban J connectivity index is 1.97. The van der Waals surface area contributed by atoms with Crippen molar-refractivity contribution in [3.05, 3.63) is 58.3 Å². The summed E-state index contributed by atoms with van der Waals surface area (Å²) in [4.78, 5) is 0. The van der Waals surface area contributed by atoms with Crippen LogP contribution in [0.1, 0.15) is 34.4 Å². The van der Waals surface area contributed by atoms with Gasteiger partial charge in [0.25, 0.3) is 0 Å². The Labute approximate surface area is 114 Å². The van der Waals surface area contributed by atoms with Crippen LogP contribution in [0.4, 0.5) is 0 Å². The fraction of sp³-hybridized carbons (Fsp3) is 0.278. The van der Waals surface area contributed by atoms with E-state index < -0.39 is 0 Å². The maximum Gasteiger partial charge on any atom is 0.213 e. The van der Waals surface area contributed by atoms with E-state index in [4.69, 9.17) is 0 Å². The second kappa shape index (κ2) is 3.80. The number of fused-ring (bicyclic) bond motifs is 5. The molecule has 1 aromatic heterocycles. The average molecular weight is 248 g/mol. The molecule has 0 spiro atoms. The fourth-order valence-electron chi connectivity index (χ4n) is 3.35. The molecule has 0 fully saturated rings. The number of rotatable bonds is 0. The Morgan fingerprint density at radius 3 is 2.79 bits per heavy atom. The standard InChI is InChI=1S/C18H18N/c1-12-9-15-11-19-17-6-4-3-5-14(17)7-8-18(19)16(15)10-13(12)2/h3,5,7-10H,4,6,11H2,1-2H3/q+1. The van der Waals surface area contributed by atoms with E-state index in [0.717, 1.165) is 6.54 Å². The van der Waals surface area contributed by atoms with Crippen LogP contribution in [0.15, 0.2) is 30.3 Å². The van der Waals surface area contributed by atoms with Gasteiger partial charge in [-0.25, -0.2) is 0 Å². The van der Waals surface area contributed by atoms with Gasteiger partial charge in [0, 0.05) is 23.6 Å². The van der Waals surface area contributed by atoms with Crippen molar-refractivity contribution >= 4 is 6.08 Å². The zero-order chi connectivity index (χ0) is 13.0. The summed E-state index contributed by atoms with van der Waals surface area (Å²) in [6, 6.07) is 9.29. The summed E-state index contributed by atoms with van der Waals surface area (Å²) in [6.07, 6.45) is 6.90. The van der Waals surface area contributed by atoms with Gasteiger partial charge in [-0.1, -0.05) is 12.2 Å². The van der Waals surface area contributed by atoms with Gasteiger partial charge in [0.05, 0.1) is 5.56 Å². The van der Waals surface area contributed by atoms with E-state index in [0.29, 0.717) is 0 Å². The van der Waals surface area contributed by atoms with Crippen LogP contribution >= 0.6 is 0 Å². The largest absolute Gasteiger partial charge is 0.213 e. The van der Waals surface area contributed by atoms with Gasteiger partial charge in [-0.05, 0) is 49.6 Å². The minimum atomic E-state index is 1.04. The van der Waals surface area contributed by atoms with Gasteiger partial charge < -0.3 is 0 Å². The predicted octanol–water partition coefficient (Wildman–Crippen LogP) is 3.58. The van der Waals surface area contributed by atoms with Crippen molar-refractivity contribution in [3.63, 3.8) is 0 Å². The molecule has 1 nitrogen and oxygen atoms in total. The molecule has 0 radical (unpaired) electrons. The lowest BCUT2D eigenvalue weighted by Crippen LogP contribution is -2.38. The van der Waals surface area contributed by atoms with Crippen LogP contribution in [0.25, 0.3) is 17.3 Å². The SMILES string of the molecule is Cc1cc2c(cc1C)-c1ccc3c([n+]1C2)CCC=C3. The van der Waals surface area contributed by atoms with Gasteiger partial charge in [0.2, 0.25) is 5.69 Å². The molecule has 2 aliphatic rings. The van der Waals surface area contributed by atoms with Crippen LogP contribution in [-0.2, 0) is 13.0 Å². The van der Waals surface area contributed by atoms with Crippen molar-refractivity contribution in [1.29, 1.82) is 0 Å². The Morgan fingerprint density at radius 2 is 1.89 bits per heavy atom. The first-order chi connectivity index (χ1) is 9.24. The van der Waals surface area contributed by atoms with Crippen molar-refractivity contribution in [2.24, 2.45) is 0 Å². The molecule has 19 heavy (non-hydrogen) atoms. The third-order valence-corrected chi connectivity index (χ3v) is 4.54. The normalized spacial score (nSPS) is 15.1. The third-order valence-electron chi connectivity index (χ3n) is 4.54. The van der Waals surface area contributed by atoms with Crippen LogP contribution < -0.4 is 4.57 Å². The molecule has 1 aliphatic heterocycles. The first-order valence-corrected chi connectivity index (χ1v) is 7.07. The maximum atomic E-state index is 2.52. The maximum absolute atomic E-state index is 2.52. The van der Waals surface area contributed by atoms with Crippen LogP contribution in [0, 0.1) is 13.8 Å². The molecule has 4 rings (SSSR count). The highest BCUT2D eigenvalue weighted by Gasteiger charge is 2.31. The van der Waals surface area contributed by atoms with Crippen molar-refractivity contribution < 1.29 is 4.57 Å². The molecular weight excluding hydrogens is 230 g/mol. The molecule has 0 N–H and O–H groups in total. The summed E-state index contributed by atoms with van der Waals surface area (Å²) in [5.74, 6) is 0. The van der Waals surface area contributed by atoms with Gasteiger partial charge in [-0.2, -0.15) is 4.57 Å². The van der Waals surface area contributed by atoms with E-state index in [1.165, 1.54) is 52.0 Å². The lowest BCUT2D eigenvalue weighted by molar-refractivity contribution is -0.679. The lowest BCUT2D eigenvalue weighted by Gasteiger charge is -2.08. The number of hydrogen-bond acceptors (Lipinski definition) is 0. The first kappa shape index (κ1) is 11.0. The molecule has 2 aromatic rings. The van der Waals surface area contributed by atoms with Gasteiger partial charge in [0.1, 0.15) is 0 Å². The summed E-state index contributed by atoms with van der Waals surface area (Å²) in [6.45, 7) is 5.46. The average Bonchev–Trinajstić information content (AvgIpc) is 2.77. The Bertz CT molecular complexity index is 723. The summed E-state index contributed by atoms with van der Waals surface area (Å²) in [5.41, 5.74) is 10.0. The van der Waals surface area contributed by atoms with Crippen molar-refractivity contribution in [2.45, 2.75) is 33.2 Å². The highest BCUT2D eigenvalue weighted by molar-refractivity contribution is 5.67. The van der Waals surface area contributed by atoms with E-state index in [9.17, 15) is 0 Å². The van der Waals surface area contributed by atoms with Gasteiger partial charge in [-0.15, -0.1) is 0 Å². The van der Waals surface area contributed by atoms with E-state index >= 15 is 0 Å². The topological polar surface area (TPSA) is 3.88 Å².